The summed E-state index contributed by atoms with van der Waals surface area (Å²) < 4.78 is 46.1. The van der Waals surface area contributed by atoms with Gasteiger partial charge in [-0.3, -0.25) is 0 Å². The highest BCUT2D eigenvalue weighted by Gasteiger charge is 2.32. The largest absolute Gasteiger partial charge is 0.464 e. The van der Waals surface area contributed by atoms with Gasteiger partial charge in [0.15, 0.2) is 5.69 Å². The number of benzene rings is 2. The molecule has 0 radical (unpaired) electrons. The second-order valence-electron chi connectivity index (χ2n) is 6.78. The number of esters is 1. The third-order valence-corrected chi connectivity index (χ3v) is 4.80. The highest BCUT2D eigenvalue weighted by atomic mass is 19.4. The molecule has 9 heteroatoms. The fraction of sp³-hybridized carbons (Fsp3) is 0.182. The van der Waals surface area contributed by atoms with Crippen LogP contribution in [0.25, 0.3) is 5.69 Å². The highest BCUT2D eigenvalue weighted by Crippen LogP contribution is 2.36. The topological polar surface area (TPSA) is 93.1 Å². The van der Waals surface area contributed by atoms with Gasteiger partial charge < -0.3 is 20.4 Å². The molecule has 0 saturated carbocycles. The Balaban J connectivity index is 2.20. The number of hydrogen-bond acceptors (Lipinski definition) is 5. The van der Waals surface area contributed by atoms with Gasteiger partial charge in [-0.25, -0.2) is 4.79 Å². The van der Waals surface area contributed by atoms with Crippen molar-refractivity contribution < 1.29 is 22.7 Å². The van der Waals surface area contributed by atoms with Crippen molar-refractivity contribution in [3.05, 3.63) is 77.1 Å². The molecule has 0 aliphatic rings. The van der Waals surface area contributed by atoms with Crippen molar-refractivity contribution in [2.75, 3.05) is 18.2 Å². The minimum Gasteiger partial charge on any atom is -0.464 e. The maximum atomic E-state index is 13.4. The minimum atomic E-state index is -4.61. The first kappa shape index (κ1) is 21.8. The van der Waals surface area contributed by atoms with Crippen LogP contribution in [0.5, 0.6) is 0 Å². The number of halogens is 3. The van der Waals surface area contributed by atoms with Gasteiger partial charge in [0, 0.05) is 12.2 Å². The number of nitrogens with one attached hydrogen (secondary N) is 1. The molecule has 0 aliphatic carbocycles. The van der Waals surface area contributed by atoms with Crippen molar-refractivity contribution in [2.24, 2.45) is 0 Å². The second-order valence-corrected chi connectivity index (χ2v) is 6.78. The number of aromatic nitrogens is 1. The van der Waals surface area contributed by atoms with Gasteiger partial charge in [-0.2, -0.15) is 18.4 Å². The summed E-state index contributed by atoms with van der Waals surface area (Å²) in [5, 5.41) is 12.5. The van der Waals surface area contributed by atoms with Crippen LogP contribution in [-0.4, -0.2) is 17.6 Å². The third kappa shape index (κ3) is 4.33. The van der Waals surface area contributed by atoms with Crippen LogP contribution < -0.4 is 11.1 Å². The maximum absolute atomic E-state index is 13.4. The summed E-state index contributed by atoms with van der Waals surface area (Å²) in [6.07, 6.45) is -3.39. The highest BCUT2D eigenvalue weighted by molar-refractivity contribution is 5.96. The molecule has 0 spiro atoms. The molecule has 0 aliphatic heterocycles. The van der Waals surface area contributed by atoms with Crippen LogP contribution in [0, 0.1) is 11.3 Å². The van der Waals surface area contributed by atoms with E-state index in [1.165, 1.54) is 12.3 Å². The van der Waals surface area contributed by atoms with E-state index in [9.17, 15) is 23.2 Å². The smallest absolute Gasteiger partial charge is 0.416 e. The van der Waals surface area contributed by atoms with Gasteiger partial charge in [0.2, 0.25) is 0 Å². The zero-order chi connectivity index (χ0) is 22.8. The van der Waals surface area contributed by atoms with E-state index in [4.69, 9.17) is 10.5 Å². The van der Waals surface area contributed by atoms with Crippen molar-refractivity contribution in [3.63, 3.8) is 0 Å². The molecule has 0 saturated heterocycles. The van der Waals surface area contributed by atoms with Gasteiger partial charge in [-0.1, -0.05) is 30.3 Å². The average Bonchev–Trinajstić information content (AvgIpc) is 3.09. The molecular formula is C22H19F3N4O2. The van der Waals surface area contributed by atoms with E-state index in [0.29, 0.717) is 5.69 Å². The molecule has 2 aromatic carbocycles. The number of alkyl halides is 3. The maximum Gasteiger partial charge on any atom is 0.416 e. The molecule has 1 aromatic heterocycles. The van der Waals surface area contributed by atoms with Crippen molar-refractivity contribution in [1.29, 1.82) is 5.26 Å². The van der Waals surface area contributed by atoms with E-state index in [2.05, 4.69) is 5.32 Å². The molecule has 31 heavy (non-hydrogen) atoms. The predicted molar refractivity (Wildman–Crippen MR) is 110 cm³/mol. The summed E-state index contributed by atoms with van der Waals surface area (Å²) in [6, 6.07) is 14.0. The first-order valence-corrected chi connectivity index (χ1v) is 9.19. The average molecular weight is 428 g/mol. The summed E-state index contributed by atoms with van der Waals surface area (Å²) in [4.78, 5) is 12.3. The number of carbonyl (C=O) groups excluding carboxylic acids is 1. The van der Waals surface area contributed by atoms with Crippen molar-refractivity contribution in [2.45, 2.75) is 19.1 Å². The summed E-state index contributed by atoms with van der Waals surface area (Å²) in [7, 11) is 1.12. The number of anilines is 2. The molecule has 3 rings (SSSR count). The first-order chi connectivity index (χ1) is 14.7. The quantitative estimate of drug-likeness (QED) is 0.564. The Morgan fingerprint density at radius 2 is 1.90 bits per heavy atom. The zero-order valence-electron chi connectivity index (χ0n) is 16.7. The SMILES string of the molecule is COC(=O)c1c(N)c(C#N)cn1-c1cc(C(F)(F)F)ccc1NC(C)c1ccccc1. The number of methoxy groups -OCH3 is 1. The third-order valence-electron chi connectivity index (χ3n) is 4.80. The lowest BCUT2D eigenvalue weighted by Gasteiger charge is -2.21. The van der Waals surface area contributed by atoms with Crippen LogP contribution in [0.3, 0.4) is 0 Å². The Labute approximate surface area is 176 Å². The predicted octanol–water partition coefficient (Wildman–Crippen LogP) is 4.91. The first-order valence-electron chi connectivity index (χ1n) is 9.19. The summed E-state index contributed by atoms with van der Waals surface area (Å²) in [6.45, 7) is 1.85. The lowest BCUT2D eigenvalue weighted by molar-refractivity contribution is -0.137. The van der Waals surface area contributed by atoms with E-state index >= 15 is 0 Å². The van der Waals surface area contributed by atoms with Crippen LogP contribution >= 0.6 is 0 Å². The number of nitrogen functional groups attached to an aromatic ring is 1. The van der Waals surface area contributed by atoms with E-state index in [-0.39, 0.29) is 28.7 Å². The molecule has 0 bridgehead atoms. The molecule has 1 atom stereocenters. The lowest BCUT2D eigenvalue weighted by Crippen LogP contribution is -2.15. The van der Waals surface area contributed by atoms with Crippen molar-refractivity contribution in [1.82, 2.24) is 4.57 Å². The standard InChI is InChI=1S/C22H19F3N4O2/c1-13(14-6-4-3-5-7-14)28-17-9-8-16(22(23,24)25)10-18(17)29-12-15(11-26)19(27)20(29)21(30)31-2/h3-10,12-13,28H,27H2,1-2H3. The van der Waals surface area contributed by atoms with Gasteiger partial charge in [0.05, 0.1) is 35.3 Å². The monoisotopic (exact) mass is 428 g/mol. The summed E-state index contributed by atoms with van der Waals surface area (Å²) >= 11 is 0. The van der Waals surface area contributed by atoms with Gasteiger partial charge in [0.25, 0.3) is 0 Å². The van der Waals surface area contributed by atoms with E-state index in [0.717, 1.165) is 29.4 Å². The second kappa shape index (κ2) is 8.44. The van der Waals surface area contributed by atoms with E-state index in [1.54, 1.807) is 0 Å². The van der Waals surface area contributed by atoms with Crippen molar-refractivity contribution >= 4 is 17.3 Å². The molecular weight excluding hydrogens is 409 g/mol. The molecule has 6 nitrogen and oxygen atoms in total. The molecule has 3 N–H and O–H groups in total. The number of ether oxygens (including phenoxy) is 1. The molecule has 1 unspecified atom stereocenters. The van der Waals surface area contributed by atoms with Gasteiger partial charge in [0.1, 0.15) is 6.07 Å². The Kier molecular flexibility index (Phi) is 5.92. The van der Waals surface area contributed by atoms with Gasteiger partial charge in [-0.15, -0.1) is 0 Å². The Bertz CT molecular complexity index is 1150. The van der Waals surface area contributed by atoms with Crippen LogP contribution in [0.4, 0.5) is 24.5 Å². The molecule has 0 amide bonds. The number of hydrogen-bond donors (Lipinski definition) is 2. The zero-order valence-corrected chi connectivity index (χ0v) is 16.7. The lowest BCUT2D eigenvalue weighted by atomic mass is 10.1. The number of nitrogens with zero attached hydrogens (tertiary/aromatic N) is 2. The Morgan fingerprint density at radius 3 is 2.48 bits per heavy atom. The fourth-order valence-corrected chi connectivity index (χ4v) is 3.19. The Morgan fingerprint density at radius 1 is 1.23 bits per heavy atom. The van der Waals surface area contributed by atoms with Gasteiger partial charge >= 0.3 is 12.1 Å². The van der Waals surface area contributed by atoms with Crippen LogP contribution in [-0.2, 0) is 10.9 Å². The number of nitrogens with two attached hydrogens (primary N) is 1. The fourth-order valence-electron chi connectivity index (χ4n) is 3.19. The summed E-state index contributed by atoms with van der Waals surface area (Å²) in [5.41, 5.74) is 5.77. The van der Waals surface area contributed by atoms with Crippen LogP contribution in [0.1, 0.15) is 40.1 Å². The molecule has 3 aromatic rings. The summed E-state index contributed by atoms with van der Waals surface area (Å²) in [5.74, 6) is -0.876. The van der Waals surface area contributed by atoms with Crippen LogP contribution in [0.2, 0.25) is 0 Å². The molecule has 1 heterocycles. The Hall–Kier alpha value is -3.93. The molecule has 0 fully saturated rings. The number of rotatable bonds is 5. The van der Waals surface area contributed by atoms with Gasteiger partial charge in [-0.05, 0) is 30.7 Å². The molecule has 160 valence electrons. The number of nitriles is 1. The van der Waals surface area contributed by atoms with E-state index < -0.39 is 17.7 Å². The normalized spacial score (nSPS) is 12.1. The van der Waals surface area contributed by atoms with Crippen LogP contribution in [0.15, 0.2) is 54.7 Å². The van der Waals surface area contributed by atoms with E-state index in [1.807, 2.05) is 43.3 Å². The minimum absolute atomic E-state index is 0.00575. The number of carbonyl (C=O) groups is 1. The van der Waals surface area contributed by atoms with Crippen molar-refractivity contribution in [3.8, 4) is 11.8 Å².